The van der Waals surface area contributed by atoms with Crippen molar-refractivity contribution in [1.29, 1.82) is 0 Å². The summed E-state index contributed by atoms with van der Waals surface area (Å²) in [5.41, 5.74) is 5.66. The number of esters is 1. The van der Waals surface area contributed by atoms with Crippen LogP contribution in [0.15, 0.2) is 24.3 Å². The SMILES string of the molecule is CC(C)(C)C(=O)OC(Cc1ccc(O)cc1)C(N)C(=O)C(C)(C)C. The van der Waals surface area contributed by atoms with Crippen molar-refractivity contribution >= 4 is 11.8 Å². The number of carbonyl (C=O) groups is 2. The predicted octanol–water partition coefficient (Wildman–Crippen LogP) is 2.84. The second kappa shape index (κ2) is 7.34. The van der Waals surface area contributed by atoms with Crippen LogP contribution in [-0.4, -0.2) is 29.0 Å². The normalized spacial score (nSPS) is 14.8. The lowest BCUT2D eigenvalue weighted by molar-refractivity contribution is -0.161. The first-order chi connectivity index (χ1) is 10.8. The number of phenols is 1. The first-order valence-corrected chi connectivity index (χ1v) is 8.11. The summed E-state index contributed by atoms with van der Waals surface area (Å²) in [6.45, 7) is 10.6. The third-order valence-electron chi connectivity index (χ3n) is 3.69. The molecule has 0 saturated heterocycles. The number of hydrogen-bond acceptors (Lipinski definition) is 5. The van der Waals surface area contributed by atoms with E-state index in [-0.39, 0.29) is 11.5 Å². The van der Waals surface area contributed by atoms with Crippen molar-refractivity contribution in [3.05, 3.63) is 29.8 Å². The molecule has 0 aliphatic carbocycles. The number of ketones is 1. The Labute approximate surface area is 144 Å². The van der Waals surface area contributed by atoms with Crippen LogP contribution in [0.2, 0.25) is 0 Å². The minimum Gasteiger partial charge on any atom is -0.508 e. The fourth-order valence-electron chi connectivity index (χ4n) is 2.09. The molecular weight excluding hydrogens is 306 g/mol. The predicted molar refractivity (Wildman–Crippen MR) is 93.6 cm³/mol. The number of ether oxygens (including phenoxy) is 1. The van der Waals surface area contributed by atoms with E-state index in [1.54, 1.807) is 65.8 Å². The van der Waals surface area contributed by atoms with Gasteiger partial charge in [-0.15, -0.1) is 0 Å². The number of rotatable bonds is 5. The molecule has 1 aromatic rings. The zero-order valence-corrected chi connectivity index (χ0v) is 15.4. The Morgan fingerprint density at radius 1 is 1.04 bits per heavy atom. The third kappa shape index (κ3) is 5.64. The maximum Gasteiger partial charge on any atom is 0.311 e. The van der Waals surface area contributed by atoms with Crippen molar-refractivity contribution in [2.45, 2.75) is 60.1 Å². The average Bonchev–Trinajstić information content (AvgIpc) is 2.45. The molecule has 5 nitrogen and oxygen atoms in total. The largest absolute Gasteiger partial charge is 0.508 e. The molecule has 5 heteroatoms. The van der Waals surface area contributed by atoms with E-state index >= 15 is 0 Å². The van der Waals surface area contributed by atoms with E-state index < -0.39 is 28.9 Å². The van der Waals surface area contributed by atoms with E-state index in [4.69, 9.17) is 10.5 Å². The number of nitrogens with two attached hydrogens (primary N) is 1. The van der Waals surface area contributed by atoms with Gasteiger partial charge in [0.15, 0.2) is 5.78 Å². The molecule has 1 aromatic carbocycles. The van der Waals surface area contributed by atoms with Gasteiger partial charge in [0.2, 0.25) is 0 Å². The van der Waals surface area contributed by atoms with E-state index in [0.29, 0.717) is 6.42 Å². The number of hydrogen-bond donors (Lipinski definition) is 2. The van der Waals surface area contributed by atoms with Crippen LogP contribution in [0.25, 0.3) is 0 Å². The van der Waals surface area contributed by atoms with E-state index in [1.165, 1.54) is 0 Å². The molecule has 0 radical (unpaired) electrons. The number of phenolic OH excluding ortho intramolecular Hbond substituents is 1. The molecule has 0 aliphatic rings. The molecule has 0 spiro atoms. The first kappa shape index (κ1) is 20.2. The summed E-state index contributed by atoms with van der Waals surface area (Å²) in [6.07, 6.45) is -0.446. The van der Waals surface area contributed by atoms with Gasteiger partial charge in [-0.1, -0.05) is 32.9 Å². The van der Waals surface area contributed by atoms with Crippen molar-refractivity contribution < 1.29 is 19.4 Å². The van der Waals surface area contributed by atoms with Crippen LogP contribution in [0.5, 0.6) is 5.75 Å². The van der Waals surface area contributed by atoms with Gasteiger partial charge in [0, 0.05) is 11.8 Å². The third-order valence-corrected chi connectivity index (χ3v) is 3.69. The molecule has 0 aromatic heterocycles. The maximum atomic E-state index is 12.5. The zero-order valence-electron chi connectivity index (χ0n) is 15.4. The van der Waals surface area contributed by atoms with Crippen LogP contribution < -0.4 is 5.73 Å². The van der Waals surface area contributed by atoms with Gasteiger partial charge >= 0.3 is 5.97 Å². The Morgan fingerprint density at radius 3 is 1.96 bits per heavy atom. The smallest absolute Gasteiger partial charge is 0.311 e. The lowest BCUT2D eigenvalue weighted by atomic mass is 9.83. The highest BCUT2D eigenvalue weighted by molar-refractivity contribution is 5.89. The summed E-state index contributed by atoms with van der Waals surface area (Å²) in [5.74, 6) is -0.409. The molecule has 0 saturated carbocycles. The standard InChI is InChI=1S/C19H29NO4/c1-18(2,3)16(22)15(20)14(24-17(23)19(4,5)6)11-12-7-9-13(21)10-8-12/h7-10,14-15,21H,11,20H2,1-6H3. The number of Topliss-reactive ketones (excluding diaryl/α,β-unsaturated/α-hetero) is 1. The average molecular weight is 335 g/mol. The van der Waals surface area contributed by atoms with Gasteiger partial charge < -0.3 is 15.6 Å². The molecule has 2 unspecified atom stereocenters. The Balaban J connectivity index is 3.04. The van der Waals surface area contributed by atoms with Gasteiger partial charge in [-0.3, -0.25) is 9.59 Å². The topological polar surface area (TPSA) is 89.6 Å². The zero-order chi connectivity index (χ0) is 18.7. The van der Waals surface area contributed by atoms with Crippen LogP contribution in [-0.2, 0) is 20.7 Å². The summed E-state index contributed by atoms with van der Waals surface area (Å²) in [7, 11) is 0. The van der Waals surface area contributed by atoms with Crippen molar-refractivity contribution in [2.24, 2.45) is 16.6 Å². The van der Waals surface area contributed by atoms with Crippen molar-refractivity contribution in [3.63, 3.8) is 0 Å². The second-order valence-electron chi connectivity index (χ2n) is 8.20. The van der Waals surface area contributed by atoms with Crippen LogP contribution in [0, 0.1) is 10.8 Å². The van der Waals surface area contributed by atoms with Crippen LogP contribution >= 0.6 is 0 Å². The van der Waals surface area contributed by atoms with E-state index in [0.717, 1.165) is 5.56 Å². The maximum absolute atomic E-state index is 12.5. The van der Waals surface area contributed by atoms with Crippen LogP contribution in [0.3, 0.4) is 0 Å². The summed E-state index contributed by atoms with van der Waals surface area (Å²) in [6, 6.07) is 5.64. The molecule has 0 heterocycles. The molecule has 24 heavy (non-hydrogen) atoms. The van der Waals surface area contributed by atoms with E-state index in [2.05, 4.69) is 0 Å². The van der Waals surface area contributed by atoms with Crippen molar-refractivity contribution in [2.75, 3.05) is 0 Å². The number of benzene rings is 1. The van der Waals surface area contributed by atoms with Crippen LogP contribution in [0.4, 0.5) is 0 Å². The molecule has 0 bridgehead atoms. The Kier molecular flexibility index (Phi) is 6.17. The minimum atomic E-state index is -0.912. The second-order valence-corrected chi connectivity index (χ2v) is 8.20. The monoisotopic (exact) mass is 335 g/mol. The van der Waals surface area contributed by atoms with E-state index in [1.807, 2.05) is 0 Å². The molecular formula is C19H29NO4. The van der Waals surface area contributed by atoms with Crippen molar-refractivity contribution in [3.8, 4) is 5.75 Å². The lowest BCUT2D eigenvalue weighted by Gasteiger charge is -2.30. The fourth-order valence-corrected chi connectivity index (χ4v) is 2.09. The van der Waals surface area contributed by atoms with Gasteiger partial charge in [0.25, 0.3) is 0 Å². The van der Waals surface area contributed by atoms with Crippen LogP contribution in [0.1, 0.15) is 47.1 Å². The molecule has 0 fully saturated rings. The van der Waals surface area contributed by atoms with E-state index in [9.17, 15) is 14.7 Å². The Hall–Kier alpha value is -1.88. The molecule has 0 aliphatic heterocycles. The van der Waals surface area contributed by atoms with Gasteiger partial charge in [0.1, 0.15) is 17.9 Å². The highest BCUT2D eigenvalue weighted by Gasteiger charge is 2.36. The van der Waals surface area contributed by atoms with Gasteiger partial charge in [-0.25, -0.2) is 0 Å². The quantitative estimate of drug-likeness (QED) is 0.808. The minimum absolute atomic E-state index is 0.150. The van der Waals surface area contributed by atoms with Gasteiger partial charge in [-0.2, -0.15) is 0 Å². The molecule has 134 valence electrons. The number of carbonyl (C=O) groups excluding carboxylic acids is 2. The van der Waals surface area contributed by atoms with Crippen molar-refractivity contribution in [1.82, 2.24) is 0 Å². The molecule has 0 amide bonds. The highest BCUT2D eigenvalue weighted by Crippen LogP contribution is 2.23. The molecule has 3 N–H and O–H groups in total. The summed E-state index contributed by atoms with van der Waals surface area (Å²) >= 11 is 0. The first-order valence-electron chi connectivity index (χ1n) is 8.11. The summed E-state index contributed by atoms with van der Waals surface area (Å²) < 4.78 is 5.58. The lowest BCUT2D eigenvalue weighted by Crippen LogP contribution is -2.50. The number of aromatic hydroxyl groups is 1. The molecule has 2 atom stereocenters. The fraction of sp³-hybridized carbons (Fsp3) is 0.579. The summed E-state index contributed by atoms with van der Waals surface area (Å²) in [4.78, 5) is 24.8. The summed E-state index contributed by atoms with van der Waals surface area (Å²) in [5, 5.41) is 9.38. The Bertz CT molecular complexity index is 579. The molecule has 1 rings (SSSR count). The van der Waals surface area contributed by atoms with Gasteiger partial charge in [0.05, 0.1) is 5.41 Å². The van der Waals surface area contributed by atoms with Gasteiger partial charge in [-0.05, 0) is 38.5 Å². The Morgan fingerprint density at radius 2 is 1.54 bits per heavy atom. The highest BCUT2D eigenvalue weighted by atomic mass is 16.5.